The van der Waals surface area contributed by atoms with Crippen LogP contribution < -0.4 is 0 Å². The Morgan fingerprint density at radius 1 is 0.814 bits per heavy atom. The van der Waals surface area contributed by atoms with Crippen LogP contribution in [0.15, 0.2) is 59.5 Å². The van der Waals surface area contributed by atoms with E-state index in [0.29, 0.717) is 42.0 Å². The number of likely N-dealkylation sites (tertiary alicyclic amines) is 3. The molecule has 6 rings (SSSR count). The van der Waals surface area contributed by atoms with Crippen molar-refractivity contribution in [1.82, 2.24) is 14.7 Å². The number of rotatable bonds is 8. The molecule has 0 radical (unpaired) electrons. The molecule has 1 spiro atoms. The smallest absolute Gasteiger partial charge is 0.248 e. The van der Waals surface area contributed by atoms with Crippen LogP contribution in [-0.4, -0.2) is 87.0 Å². The van der Waals surface area contributed by atoms with Crippen LogP contribution in [-0.2, 0) is 21.2 Å². The lowest BCUT2D eigenvalue weighted by molar-refractivity contribution is -0.139. The molecule has 3 heterocycles. The van der Waals surface area contributed by atoms with E-state index in [-0.39, 0.29) is 24.2 Å². The van der Waals surface area contributed by atoms with Gasteiger partial charge in [-0.05, 0) is 80.3 Å². The summed E-state index contributed by atoms with van der Waals surface area (Å²) in [6, 6.07) is 17.6. The highest BCUT2D eigenvalue weighted by molar-refractivity contribution is 7.90. The van der Waals surface area contributed by atoms with Crippen molar-refractivity contribution in [3.63, 3.8) is 0 Å². The summed E-state index contributed by atoms with van der Waals surface area (Å²) in [4.78, 5) is 21.0. The molecule has 0 N–H and O–H groups in total. The third-order valence-electron chi connectivity index (χ3n) is 10.7. The average Bonchev–Trinajstić information content (AvgIpc) is 3.52. The maximum absolute atomic E-state index is 13.7. The first-order chi connectivity index (χ1) is 20.5. The minimum absolute atomic E-state index is 0.0260. The zero-order valence-electron chi connectivity index (χ0n) is 25.3. The quantitative estimate of drug-likeness (QED) is 0.397. The summed E-state index contributed by atoms with van der Waals surface area (Å²) in [5.41, 5.74) is 2.03. The number of halogens is 2. The number of nitrogens with zero attached hydrogens (tertiary/aromatic N) is 3. The fourth-order valence-electron chi connectivity index (χ4n) is 8.09. The number of amides is 1. The van der Waals surface area contributed by atoms with Crippen LogP contribution in [0.2, 0.25) is 0 Å². The molecule has 2 aromatic rings. The number of carbonyl (C=O) groups is 1. The van der Waals surface area contributed by atoms with Gasteiger partial charge in [0.15, 0.2) is 9.84 Å². The van der Waals surface area contributed by atoms with Crippen molar-refractivity contribution in [2.45, 2.75) is 68.2 Å². The summed E-state index contributed by atoms with van der Waals surface area (Å²) in [6.45, 7) is 6.99. The van der Waals surface area contributed by atoms with Gasteiger partial charge < -0.3 is 14.7 Å². The van der Waals surface area contributed by atoms with E-state index in [9.17, 15) is 22.0 Å². The van der Waals surface area contributed by atoms with Gasteiger partial charge in [-0.3, -0.25) is 4.79 Å². The van der Waals surface area contributed by atoms with Gasteiger partial charge in [-0.1, -0.05) is 42.5 Å². The Labute approximate surface area is 255 Å². The van der Waals surface area contributed by atoms with Crippen molar-refractivity contribution in [3.8, 4) is 0 Å². The van der Waals surface area contributed by atoms with E-state index in [1.165, 1.54) is 11.8 Å². The first kappa shape index (κ1) is 30.7. The molecule has 3 aliphatic heterocycles. The summed E-state index contributed by atoms with van der Waals surface area (Å²) >= 11 is 0. The van der Waals surface area contributed by atoms with Gasteiger partial charge in [-0.2, -0.15) is 0 Å². The monoisotopic (exact) mass is 613 g/mol. The number of carbonyl (C=O) groups excluding carboxylic acids is 1. The molecule has 43 heavy (non-hydrogen) atoms. The molecule has 6 nitrogen and oxygen atoms in total. The van der Waals surface area contributed by atoms with Crippen molar-refractivity contribution in [3.05, 3.63) is 65.7 Å². The van der Waals surface area contributed by atoms with E-state index in [4.69, 9.17) is 0 Å². The van der Waals surface area contributed by atoms with Crippen LogP contribution >= 0.6 is 0 Å². The van der Waals surface area contributed by atoms with E-state index in [1.807, 2.05) is 17.0 Å². The third-order valence-corrected chi connectivity index (χ3v) is 11.9. The van der Waals surface area contributed by atoms with Crippen LogP contribution in [0.4, 0.5) is 8.78 Å². The second kappa shape index (κ2) is 12.2. The maximum atomic E-state index is 13.7. The summed E-state index contributed by atoms with van der Waals surface area (Å²) in [7, 11) is -3.24. The van der Waals surface area contributed by atoms with Gasteiger partial charge >= 0.3 is 0 Å². The van der Waals surface area contributed by atoms with Crippen LogP contribution in [0.3, 0.4) is 0 Å². The molecular weight excluding hydrogens is 568 g/mol. The lowest BCUT2D eigenvalue weighted by Crippen LogP contribution is -2.46. The zero-order chi connectivity index (χ0) is 30.2. The topological polar surface area (TPSA) is 60.9 Å². The predicted molar refractivity (Wildman–Crippen MR) is 164 cm³/mol. The number of sulfone groups is 1. The van der Waals surface area contributed by atoms with E-state index < -0.39 is 15.8 Å². The van der Waals surface area contributed by atoms with Crippen molar-refractivity contribution < 1.29 is 22.0 Å². The molecule has 9 heteroatoms. The van der Waals surface area contributed by atoms with Crippen molar-refractivity contribution in [2.75, 3.05) is 52.1 Å². The van der Waals surface area contributed by atoms with Gasteiger partial charge in [-0.15, -0.1) is 0 Å². The Hall–Kier alpha value is -2.36. The van der Waals surface area contributed by atoms with Gasteiger partial charge in [0.05, 0.1) is 10.3 Å². The van der Waals surface area contributed by atoms with E-state index in [0.717, 1.165) is 70.6 Å². The van der Waals surface area contributed by atoms with Gasteiger partial charge in [-0.25, -0.2) is 17.2 Å². The zero-order valence-corrected chi connectivity index (χ0v) is 26.1. The summed E-state index contributed by atoms with van der Waals surface area (Å²) < 4.78 is 51.1. The van der Waals surface area contributed by atoms with Crippen molar-refractivity contribution >= 4 is 15.7 Å². The molecule has 234 valence electrons. The maximum Gasteiger partial charge on any atom is 0.248 e. The molecular formula is C34H45F2N3O3S. The molecule has 2 atom stereocenters. The standard InChI is InChI=1S/C34H45F2N3O3S/c1-43(41,42)30-9-7-26(8-10-30)22-39-20-17-33(32(39)40)15-18-37(19-16-33)23-29-24-38(21-27-11-13-34(35,36)14-12-27)25-31(29)28-5-3-2-4-6-28/h2-10,27,29,31H,11-25H2,1H3/t29-,31?/m0/s1. The predicted octanol–water partition coefficient (Wildman–Crippen LogP) is 5.45. The molecule has 0 bridgehead atoms. The Morgan fingerprint density at radius 3 is 2.12 bits per heavy atom. The number of hydrogen-bond donors (Lipinski definition) is 0. The number of alkyl halides is 2. The molecule has 1 unspecified atom stereocenters. The van der Waals surface area contributed by atoms with Gasteiger partial charge in [0.2, 0.25) is 11.8 Å². The minimum Gasteiger partial charge on any atom is -0.338 e. The third kappa shape index (κ3) is 6.99. The molecule has 3 saturated heterocycles. The minimum atomic E-state index is -3.24. The number of benzene rings is 2. The molecule has 4 aliphatic rings. The molecule has 2 aromatic carbocycles. The molecule has 4 fully saturated rings. The normalized spacial score (nSPS) is 26.9. The van der Waals surface area contributed by atoms with E-state index >= 15 is 0 Å². The highest BCUT2D eigenvalue weighted by Crippen LogP contribution is 2.43. The van der Waals surface area contributed by atoms with Crippen LogP contribution in [0.1, 0.15) is 62.0 Å². The SMILES string of the molecule is CS(=O)(=O)c1ccc(CN2CCC3(CCN(C[C@H]4CN(CC5CCC(F)(F)CC5)CC4c4ccccc4)CC3)C2=O)cc1. The Morgan fingerprint density at radius 2 is 1.47 bits per heavy atom. The van der Waals surface area contributed by atoms with Gasteiger partial charge in [0.25, 0.3) is 0 Å². The lowest BCUT2D eigenvalue weighted by atomic mass is 9.76. The van der Waals surface area contributed by atoms with Crippen LogP contribution in [0.5, 0.6) is 0 Å². The molecule has 1 saturated carbocycles. The van der Waals surface area contributed by atoms with Crippen molar-refractivity contribution in [2.24, 2.45) is 17.3 Å². The van der Waals surface area contributed by atoms with Gasteiger partial charge in [0.1, 0.15) is 0 Å². The molecule has 1 aliphatic carbocycles. The van der Waals surface area contributed by atoms with Crippen LogP contribution in [0.25, 0.3) is 0 Å². The van der Waals surface area contributed by atoms with Crippen LogP contribution in [0, 0.1) is 17.3 Å². The summed E-state index contributed by atoms with van der Waals surface area (Å²) in [5, 5.41) is 0. The first-order valence-corrected chi connectivity index (χ1v) is 17.8. The fraction of sp³-hybridized carbons (Fsp3) is 0.618. The fourth-order valence-corrected chi connectivity index (χ4v) is 8.72. The first-order valence-electron chi connectivity index (χ1n) is 16.0. The Bertz CT molecular complexity index is 1370. The number of hydrogen-bond acceptors (Lipinski definition) is 5. The second-order valence-electron chi connectivity index (χ2n) is 13.8. The van der Waals surface area contributed by atoms with Crippen molar-refractivity contribution in [1.29, 1.82) is 0 Å². The lowest BCUT2D eigenvalue weighted by Gasteiger charge is -2.39. The summed E-state index contributed by atoms with van der Waals surface area (Å²) in [5.74, 6) is -0.969. The number of piperidine rings is 1. The molecule has 0 aromatic heterocycles. The Balaban J connectivity index is 1.04. The summed E-state index contributed by atoms with van der Waals surface area (Å²) in [6.07, 6.45) is 5.12. The van der Waals surface area contributed by atoms with Gasteiger partial charge in [0, 0.05) is 64.3 Å². The molecule has 1 amide bonds. The largest absolute Gasteiger partial charge is 0.338 e. The average molecular weight is 614 g/mol. The second-order valence-corrected chi connectivity index (χ2v) is 15.8. The highest BCUT2D eigenvalue weighted by Gasteiger charge is 2.48. The highest BCUT2D eigenvalue weighted by atomic mass is 32.2. The van der Waals surface area contributed by atoms with E-state index in [1.54, 1.807) is 12.1 Å². The Kier molecular flexibility index (Phi) is 8.70. The van der Waals surface area contributed by atoms with E-state index in [2.05, 4.69) is 40.1 Å².